The third kappa shape index (κ3) is 13.5. The van der Waals surface area contributed by atoms with Crippen molar-refractivity contribution in [2.24, 2.45) is 11.8 Å². The highest BCUT2D eigenvalue weighted by Crippen LogP contribution is 2.23. The van der Waals surface area contributed by atoms with Gasteiger partial charge in [0.1, 0.15) is 0 Å². The monoisotopic (exact) mass is 398 g/mol. The smallest absolute Gasteiger partial charge is 0.0752 e. The first kappa shape index (κ1) is 27.3. The summed E-state index contributed by atoms with van der Waals surface area (Å²) < 4.78 is 0. The first-order valence-electron chi connectivity index (χ1n) is 11.3. The van der Waals surface area contributed by atoms with Gasteiger partial charge in [0, 0.05) is 0 Å². The van der Waals surface area contributed by atoms with Crippen LogP contribution < -0.4 is 0 Å². The number of aliphatic hydroxyl groups is 4. The van der Waals surface area contributed by atoms with Gasteiger partial charge >= 0.3 is 0 Å². The summed E-state index contributed by atoms with van der Waals surface area (Å²) in [4.78, 5) is 0. The Labute approximate surface area is 173 Å². The molecule has 0 saturated heterocycles. The van der Waals surface area contributed by atoms with Gasteiger partial charge in [-0.2, -0.15) is 0 Å². The Morgan fingerprint density at radius 1 is 0.857 bits per heavy atom. The van der Waals surface area contributed by atoms with Crippen LogP contribution in [0.3, 0.4) is 0 Å². The molecule has 0 aliphatic heterocycles. The van der Waals surface area contributed by atoms with Crippen LogP contribution in [0.5, 0.6) is 0 Å². The zero-order valence-electron chi connectivity index (χ0n) is 18.8. The lowest BCUT2D eigenvalue weighted by molar-refractivity contribution is 0.0879. The van der Waals surface area contributed by atoms with E-state index in [1.54, 1.807) is 6.92 Å². The molecular formula is C24H46O4. The summed E-state index contributed by atoms with van der Waals surface area (Å²) in [6.45, 7) is 9.90. The van der Waals surface area contributed by atoms with Crippen molar-refractivity contribution in [3.63, 3.8) is 0 Å². The van der Waals surface area contributed by atoms with Crippen LogP contribution in [0, 0.1) is 11.8 Å². The zero-order valence-corrected chi connectivity index (χ0v) is 18.8. The molecule has 0 aromatic rings. The van der Waals surface area contributed by atoms with Crippen molar-refractivity contribution >= 4 is 0 Å². The Balaban J connectivity index is 4.59. The van der Waals surface area contributed by atoms with Gasteiger partial charge in [-0.3, -0.25) is 0 Å². The Hall–Kier alpha value is -0.680. The molecule has 0 fully saturated rings. The maximum atomic E-state index is 10.6. The van der Waals surface area contributed by atoms with Crippen molar-refractivity contribution in [1.82, 2.24) is 0 Å². The molecular weight excluding hydrogens is 352 g/mol. The number of hydrogen-bond donors (Lipinski definition) is 4. The first-order valence-corrected chi connectivity index (χ1v) is 11.3. The second kappa shape index (κ2) is 16.2. The number of allylic oxidation sites excluding steroid dienone is 2. The average molecular weight is 399 g/mol. The van der Waals surface area contributed by atoms with E-state index in [9.17, 15) is 20.4 Å². The van der Waals surface area contributed by atoms with Crippen molar-refractivity contribution in [2.75, 3.05) is 0 Å². The highest BCUT2D eigenvalue weighted by atomic mass is 16.3. The first-order chi connectivity index (χ1) is 13.2. The van der Waals surface area contributed by atoms with Crippen molar-refractivity contribution < 1.29 is 20.4 Å². The standard InChI is InChI=1S/C24H46O4/c1-6-8-9-21(13-16-23(27)15-12-19(4)20(5)25)24(28)17-11-18(3)10-14-22(26)7-2/h10-11,17,19-28H,6-9,12-16H2,1-5H3. The lowest BCUT2D eigenvalue weighted by atomic mass is 9.88. The summed E-state index contributed by atoms with van der Waals surface area (Å²) in [6.07, 6.45) is 11.7. The van der Waals surface area contributed by atoms with Crippen molar-refractivity contribution in [3.8, 4) is 0 Å². The lowest BCUT2D eigenvalue weighted by Gasteiger charge is -2.23. The van der Waals surface area contributed by atoms with Gasteiger partial charge in [0.15, 0.2) is 0 Å². The Morgan fingerprint density at radius 2 is 1.50 bits per heavy atom. The van der Waals surface area contributed by atoms with Gasteiger partial charge in [-0.1, -0.05) is 57.4 Å². The fourth-order valence-electron chi connectivity index (χ4n) is 3.16. The van der Waals surface area contributed by atoms with Crippen molar-refractivity contribution in [3.05, 3.63) is 23.8 Å². The highest BCUT2D eigenvalue weighted by Gasteiger charge is 2.19. The summed E-state index contributed by atoms with van der Waals surface area (Å²) >= 11 is 0. The molecule has 0 spiro atoms. The van der Waals surface area contributed by atoms with Gasteiger partial charge in [-0.25, -0.2) is 0 Å². The molecule has 28 heavy (non-hydrogen) atoms. The molecule has 0 bridgehead atoms. The Morgan fingerprint density at radius 3 is 2.07 bits per heavy atom. The molecule has 0 rings (SSSR count). The van der Waals surface area contributed by atoms with Crippen LogP contribution in [0.15, 0.2) is 23.8 Å². The summed E-state index contributed by atoms with van der Waals surface area (Å²) in [5.74, 6) is 0.342. The van der Waals surface area contributed by atoms with Crippen molar-refractivity contribution in [1.29, 1.82) is 0 Å². The van der Waals surface area contributed by atoms with Gasteiger partial charge in [0.25, 0.3) is 0 Å². The second-order valence-corrected chi connectivity index (χ2v) is 8.52. The third-order valence-electron chi connectivity index (χ3n) is 5.80. The third-order valence-corrected chi connectivity index (χ3v) is 5.80. The molecule has 4 N–H and O–H groups in total. The minimum absolute atomic E-state index is 0.147. The fourth-order valence-corrected chi connectivity index (χ4v) is 3.16. The number of rotatable bonds is 16. The molecule has 0 aromatic heterocycles. The van der Waals surface area contributed by atoms with Crippen LogP contribution >= 0.6 is 0 Å². The molecule has 0 amide bonds. The van der Waals surface area contributed by atoms with E-state index < -0.39 is 6.10 Å². The fraction of sp³-hybridized carbons (Fsp3) is 0.833. The maximum absolute atomic E-state index is 10.6. The predicted molar refractivity (Wildman–Crippen MR) is 118 cm³/mol. The second-order valence-electron chi connectivity index (χ2n) is 8.52. The average Bonchev–Trinajstić information content (AvgIpc) is 2.67. The van der Waals surface area contributed by atoms with Gasteiger partial charge in [-0.15, -0.1) is 0 Å². The summed E-state index contributed by atoms with van der Waals surface area (Å²) in [5, 5.41) is 40.1. The van der Waals surface area contributed by atoms with Crippen LogP contribution in [-0.2, 0) is 0 Å². The molecule has 0 saturated carbocycles. The quantitative estimate of drug-likeness (QED) is 0.283. The zero-order chi connectivity index (χ0) is 21.5. The van der Waals surface area contributed by atoms with E-state index >= 15 is 0 Å². The van der Waals surface area contributed by atoms with Crippen molar-refractivity contribution in [2.45, 2.75) is 117 Å². The molecule has 4 heteroatoms. The topological polar surface area (TPSA) is 80.9 Å². The summed E-state index contributed by atoms with van der Waals surface area (Å²) in [6, 6.07) is 0. The summed E-state index contributed by atoms with van der Waals surface area (Å²) in [7, 11) is 0. The summed E-state index contributed by atoms with van der Waals surface area (Å²) in [5.41, 5.74) is 1.05. The highest BCUT2D eigenvalue weighted by molar-refractivity contribution is 5.17. The van der Waals surface area contributed by atoms with E-state index in [0.717, 1.165) is 44.1 Å². The predicted octanol–water partition coefficient (Wildman–Crippen LogP) is 4.76. The SMILES string of the molecule is CCCCC(CCC(O)CCC(C)C(C)O)C(O)C=CC(C)=CCC(O)CC. The Kier molecular flexibility index (Phi) is 15.8. The van der Waals surface area contributed by atoms with Crippen LogP contribution in [0.2, 0.25) is 0 Å². The molecule has 0 aromatic carbocycles. The van der Waals surface area contributed by atoms with E-state index in [4.69, 9.17) is 0 Å². The normalized spacial score (nSPS) is 19.4. The Bertz CT molecular complexity index is 430. The van der Waals surface area contributed by atoms with Crippen LogP contribution in [-0.4, -0.2) is 44.8 Å². The molecule has 4 nitrogen and oxygen atoms in total. The van der Waals surface area contributed by atoms with E-state index in [2.05, 4.69) is 6.92 Å². The molecule has 6 unspecified atom stereocenters. The maximum Gasteiger partial charge on any atom is 0.0752 e. The van der Waals surface area contributed by atoms with Gasteiger partial charge in [0.2, 0.25) is 0 Å². The van der Waals surface area contributed by atoms with E-state index in [-0.39, 0.29) is 30.1 Å². The molecule has 166 valence electrons. The minimum atomic E-state index is -0.519. The van der Waals surface area contributed by atoms with Gasteiger partial charge in [0.05, 0.1) is 24.4 Å². The van der Waals surface area contributed by atoms with E-state index in [1.165, 1.54) is 0 Å². The molecule has 0 heterocycles. The molecule has 0 aliphatic carbocycles. The van der Waals surface area contributed by atoms with E-state index in [0.29, 0.717) is 19.3 Å². The van der Waals surface area contributed by atoms with Gasteiger partial charge < -0.3 is 20.4 Å². The lowest BCUT2D eigenvalue weighted by Crippen LogP contribution is -2.21. The largest absolute Gasteiger partial charge is 0.393 e. The number of hydrogen-bond acceptors (Lipinski definition) is 4. The van der Waals surface area contributed by atoms with Crippen LogP contribution in [0.25, 0.3) is 0 Å². The van der Waals surface area contributed by atoms with E-state index in [1.807, 2.05) is 39.0 Å². The van der Waals surface area contributed by atoms with Gasteiger partial charge in [-0.05, 0) is 70.6 Å². The number of aliphatic hydroxyl groups excluding tert-OH is 4. The minimum Gasteiger partial charge on any atom is -0.393 e. The van der Waals surface area contributed by atoms with Crippen LogP contribution in [0.4, 0.5) is 0 Å². The molecule has 0 aliphatic rings. The molecule has 0 radical (unpaired) electrons. The molecule has 6 atom stereocenters. The van der Waals surface area contributed by atoms with Crippen LogP contribution in [0.1, 0.15) is 92.4 Å². The number of unbranched alkanes of at least 4 members (excludes halogenated alkanes) is 1.